The molecular weight excluding hydrogens is 228 g/mol. The van der Waals surface area contributed by atoms with Gasteiger partial charge in [0.05, 0.1) is 11.4 Å². The zero-order chi connectivity index (χ0) is 11.6. The summed E-state index contributed by atoms with van der Waals surface area (Å²) in [5.74, 6) is 0.411. The highest BCUT2D eigenvalue weighted by molar-refractivity contribution is 7.90. The number of aromatic amines is 1. The number of aromatic nitrogens is 2. The summed E-state index contributed by atoms with van der Waals surface area (Å²) >= 11 is 0. The number of nitrogen functional groups attached to an aromatic ring is 1. The molecule has 0 radical (unpaired) electrons. The van der Waals surface area contributed by atoms with Gasteiger partial charge in [-0.15, -0.1) is 0 Å². The van der Waals surface area contributed by atoms with Crippen LogP contribution in [0.1, 0.15) is 31.2 Å². The lowest BCUT2D eigenvalue weighted by molar-refractivity contribution is 0.564. The summed E-state index contributed by atoms with van der Waals surface area (Å²) in [6, 6.07) is 0. The second-order valence-electron chi connectivity index (χ2n) is 4.08. The molecule has 0 aromatic carbocycles. The Balaban J connectivity index is 1.97. The van der Waals surface area contributed by atoms with Gasteiger partial charge in [-0.3, -0.25) is 5.10 Å². The molecule has 90 valence electrons. The molecule has 4 N–H and O–H groups in total. The Morgan fingerprint density at radius 2 is 2.19 bits per heavy atom. The minimum absolute atomic E-state index is 0.209. The highest BCUT2D eigenvalue weighted by Crippen LogP contribution is 2.24. The number of anilines is 1. The second kappa shape index (κ2) is 4.42. The largest absolute Gasteiger partial charge is 0.384 e. The molecule has 1 saturated carbocycles. The maximum atomic E-state index is 11.9. The number of nitrogens with two attached hydrogens (primary N) is 1. The molecule has 1 aliphatic rings. The molecule has 1 aromatic heterocycles. The first kappa shape index (κ1) is 11.4. The van der Waals surface area contributed by atoms with E-state index in [2.05, 4.69) is 14.9 Å². The summed E-state index contributed by atoms with van der Waals surface area (Å²) in [7, 11) is -3.20. The maximum Gasteiger partial charge on any atom is 0.214 e. The van der Waals surface area contributed by atoms with Gasteiger partial charge in [0.2, 0.25) is 10.0 Å². The van der Waals surface area contributed by atoms with E-state index in [4.69, 9.17) is 5.73 Å². The van der Waals surface area contributed by atoms with Crippen molar-refractivity contribution in [1.29, 1.82) is 0 Å². The van der Waals surface area contributed by atoms with Crippen LogP contribution in [-0.2, 0) is 16.6 Å². The van der Waals surface area contributed by atoms with Gasteiger partial charge in [-0.2, -0.15) is 5.10 Å². The number of hydrogen-bond acceptors (Lipinski definition) is 4. The van der Waals surface area contributed by atoms with Gasteiger partial charge in [-0.05, 0) is 12.8 Å². The lowest BCUT2D eigenvalue weighted by atomic mass is 10.3. The Hall–Kier alpha value is -1.08. The third-order valence-electron chi connectivity index (χ3n) is 2.96. The Labute approximate surface area is 94.7 Å². The SMILES string of the molecule is Nc1[nH]ncc1CNS(=O)(=O)C1CCCC1. The molecule has 0 aliphatic heterocycles. The lowest BCUT2D eigenvalue weighted by Gasteiger charge is -2.11. The van der Waals surface area contributed by atoms with Crippen LogP contribution in [0.2, 0.25) is 0 Å². The molecule has 0 amide bonds. The third kappa shape index (κ3) is 2.35. The number of hydrogen-bond donors (Lipinski definition) is 3. The minimum Gasteiger partial charge on any atom is -0.384 e. The van der Waals surface area contributed by atoms with Crippen molar-refractivity contribution in [2.45, 2.75) is 37.5 Å². The molecule has 0 bridgehead atoms. The fourth-order valence-corrected chi connectivity index (χ4v) is 3.50. The number of rotatable bonds is 4. The van der Waals surface area contributed by atoms with Crippen LogP contribution in [0.4, 0.5) is 5.82 Å². The van der Waals surface area contributed by atoms with Crippen LogP contribution < -0.4 is 10.5 Å². The molecule has 0 atom stereocenters. The van der Waals surface area contributed by atoms with Crippen molar-refractivity contribution in [3.63, 3.8) is 0 Å². The van der Waals surface area contributed by atoms with E-state index in [1.54, 1.807) is 0 Å². The van der Waals surface area contributed by atoms with Crippen molar-refractivity contribution in [1.82, 2.24) is 14.9 Å². The summed E-state index contributed by atoms with van der Waals surface area (Å²) in [5, 5.41) is 6.07. The van der Waals surface area contributed by atoms with Gasteiger partial charge in [-0.25, -0.2) is 13.1 Å². The smallest absolute Gasteiger partial charge is 0.214 e. The monoisotopic (exact) mass is 244 g/mol. The van der Waals surface area contributed by atoms with Crippen molar-refractivity contribution < 1.29 is 8.42 Å². The van der Waals surface area contributed by atoms with E-state index in [9.17, 15) is 8.42 Å². The second-order valence-corrected chi connectivity index (χ2v) is 6.13. The molecule has 0 unspecified atom stereocenters. The van der Waals surface area contributed by atoms with Crippen molar-refractivity contribution in [3.8, 4) is 0 Å². The van der Waals surface area contributed by atoms with E-state index in [1.165, 1.54) is 6.20 Å². The first-order chi connectivity index (χ1) is 7.59. The van der Waals surface area contributed by atoms with Crippen molar-refractivity contribution in [2.75, 3.05) is 5.73 Å². The lowest BCUT2D eigenvalue weighted by Crippen LogP contribution is -2.32. The zero-order valence-electron chi connectivity index (χ0n) is 8.94. The molecule has 1 heterocycles. The Bertz CT molecular complexity index is 448. The number of H-pyrrole nitrogens is 1. The first-order valence-corrected chi connectivity index (χ1v) is 6.90. The van der Waals surface area contributed by atoms with E-state index in [1.807, 2.05) is 0 Å². The molecule has 7 heteroatoms. The van der Waals surface area contributed by atoms with Crippen LogP contribution in [0, 0.1) is 0 Å². The van der Waals surface area contributed by atoms with Gasteiger partial charge in [-0.1, -0.05) is 12.8 Å². The molecule has 16 heavy (non-hydrogen) atoms. The maximum absolute atomic E-state index is 11.9. The van der Waals surface area contributed by atoms with Crippen LogP contribution in [-0.4, -0.2) is 23.9 Å². The molecule has 1 fully saturated rings. The van der Waals surface area contributed by atoms with E-state index in [0.29, 0.717) is 11.4 Å². The zero-order valence-corrected chi connectivity index (χ0v) is 9.76. The summed E-state index contributed by atoms with van der Waals surface area (Å²) < 4.78 is 26.3. The average Bonchev–Trinajstić information content (AvgIpc) is 2.85. The minimum atomic E-state index is -3.20. The van der Waals surface area contributed by atoms with Gasteiger partial charge in [0.15, 0.2) is 0 Å². The van der Waals surface area contributed by atoms with Gasteiger partial charge >= 0.3 is 0 Å². The standard InChI is InChI=1S/C9H16N4O2S/c10-9-7(5-11-13-9)6-12-16(14,15)8-3-1-2-4-8/h5,8,12H,1-4,6H2,(H3,10,11,13). The van der Waals surface area contributed by atoms with Crippen LogP contribution in [0.5, 0.6) is 0 Å². The van der Waals surface area contributed by atoms with Crippen LogP contribution in [0.3, 0.4) is 0 Å². The Morgan fingerprint density at radius 1 is 1.50 bits per heavy atom. The van der Waals surface area contributed by atoms with Gasteiger partial charge < -0.3 is 5.73 Å². The first-order valence-electron chi connectivity index (χ1n) is 5.36. The molecular formula is C9H16N4O2S. The third-order valence-corrected chi connectivity index (χ3v) is 4.85. The van der Waals surface area contributed by atoms with Crippen LogP contribution >= 0.6 is 0 Å². The Kier molecular flexibility index (Phi) is 3.15. The molecule has 0 saturated heterocycles. The van der Waals surface area contributed by atoms with E-state index in [0.717, 1.165) is 25.7 Å². The van der Waals surface area contributed by atoms with Crippen LogP contribution in [0.15, 0.2) is 6.20 Å². The predicted octanol–water partition coefficient (Wildman–Crippen LogP) is 0.354. The fourth-order valence-electron chi connectivity index (χ4n) is 1.96. The van der Waals surface area contributed by atoms with E-state index in [-0.39, 0.29) is 11.8 Å². The van der Waals surface area contributed by atoms with Gasteiger partial charge in [0.1, 0.15) is 5.82 Å². The van der Waals surface area contributed by atoms with E-state index >= 15 is 0 Å². The Morgan fingerprint density at radius 3 is 2.75 bits per heavy atom. The fraction of sp³-hybridized carbons (Fsp3) is 0.667. The number of nitrogens with one attached hydrogen (secondary N) is 2. The summed E-state index contributed by atoms with van der Waals surface area (Å²) in [5.41, 5.74) is 6.25. The quantitative estimate of drug-likeness (QED) is 0.711. The summed E-state index contributed by atoms with van der Waals surface area (Å²) in [4.78, 5) is 0. The van der Waals surface area contributed by atoms with Gasteiger partial charge in [0, 0.05) is 12.1 Å². The highest BCUT2D eigenvalue weighted by atomic mass is 32.2. The van der Waals surface area contributed by atoms with Crippen LogP contribution in [0.25, 0.3) is 0 Å². The van der Waals surface area contributed by atoms with Gasteiger partial charge in [0.25, 0.3) is 0 Å². The average molecular weight is 244 g/mol. The molecule has 2 rings (SSSR count). The topological polar surface area (TPSA) is 101 Å². The normalized spacial score (nSPS) is 18.0. The predicted molar refractivity (Wildman–Crippen MR) is 61.0 cm³/mol. The highest BCUT2D eigenvalue weighted by Gasteiger charge is 2.28. The molecule has 1 aliphatic carbocycles. The molecule has 1 aromatic rings. The molecule has 6 nitrogen and oxygen atoms in total. The summed E-state index contributed by atoms with van der Waals surface area (Å²) in [6.45, 7) is 0.209. The summed E-state index contributed by atoms with van der Waals surface area (Å²) in [6.07, 6.45) is 5.05. The van der Waals surface area contributed by atoms with E-state index < -0.39 is 10.0 Å². The number of nitrogens with zero attached hydrogens (tertiary/aromatic N) is 1. The van der Waals surface area contributed by atoms with Crippen molar-refractivity contribution >= 4 is 15.8 Å². The number of sulfonamides is 1. The van der Waals surface area contributed by atoms with Crippen molar-refractivity contribution in [3.05, 3.63) is 11.8 Å². The molecule has 0 spiro atoms. The van der Waals surface area contributed by atoms with Crippen molar-refractivity contribution in [2.24, 2.45) is 0 Å².